The van der Waals surface area contributed by atoms with E-state index < -0.39 is 5.97 Å². The molecule has 0 bridgehead atoms. The lowest BCUT2D eigenvalue weighted by molar-refractivity contribution is -0.141. The molecule has 0 aliphatic carbocycles. The first kappa shape index (κ1) is 20.8. The maximum absolute atomic E-state index is 11.4. The minimum absolute atomic E-state index is 0.103. The predicted molar refractivity (Wildman–Crippen MR) is 109 cm³/mol. The monoisotopic (exact) mass is 407 g/mol. The summed E-state index contributed by atoms with van der Waals surface area (Å²) in [6, 6.07) is 9.72. The Morgan fingerprint density at radius 1 is 1.41 bits per heavy atom. The van der Waals surface area contributed by atoms with Gasteiger partial charge in [0.15, 0.2) is 0 Å². The highest BCUT2D eigenvalue weighted by Gasteiger charge is 2.22. The van der Waals surface area contributed by atoms with E-state index in [2.05, 4.69) is 10.2 Å². The summed E-state index contributed by atoms with van der Waals surface area (Å²) in [6.07, 6.45) is 0. The molecule has 0 amide bonds. The fraction of sp³-hybridized carbons (Fsp3) is 0.389. The number of rotatable bonds is 6. The molecule has 7 nitrogen and oxygen atoms in total. The molecule has 1 aromatic rings. The third-order valence-electron chi connectivity index (χ3n) is 4.09. The van der Waals surface area contributed by atoms with Crippen LogP contribution in [0.1, 0.15) is 6.92 Å². The maximum atomic E-state index is 11.4. The lowest BCUT2D eigenvalue weighted by Gasteiger charge is -2.37. The fourth-order valence-corrected chi connectivity index (χ4v) is 3.12. The van der Waals surface area contributed by atoms with Crippen molar-refractivity contribution in [2.24, 2.45) is 5.73 Å². The van der Waals surface area contributed by atoms with Crippen LogP contribution in [0, 0.1) is 11.3 Å². The molecular formula is C18H22ClN5O2S. The predicted octanol–water partition coefficient (Wildman–Crippen LogP) is 1.64. The molecule has 9 heteroatoms. The van der Waals surface area contributed by atoms with Gasteiger partial charge in [-0.3, -0.25) is 4.79 Å². The molecule has 1 saturated heterocycles. The molecule has 2 rings (SSSR count). The largest absolute Gasteiger partial charge is 0.465 e. The van der Waals surface area contributed by atoms with Crippen molar-refractivity contribution in [2.45, 2.75) is 6.92 Å². The molecule has 0 saturated carbocycles. The SMILES string of the molecule is CCOC(=O)CNC(=S)/C(C#N)=C(\N)N1CCN(c2cccc(Cl)c2)CC1. The van der Waals surface area contributed by atoms with E-state index in [1.807, 2.05) is 35.2 Å². The minimum atomic E-state index is -0.439. The maximum Gasteiger partial charge on any atom is 0.325 e. The number of carbonyl (C=O) groups excluding carboxylic acids is 1. The number of hydrogen-bond acceptors (Lipinski definition) is 7. The van der Waals surface area contributed by atoms with Crippen molar-refractivity contribution in [1.29, 1.82) is 5.26 Å². The summed E-state index contributed by atoms with van der Waals surface area (Å²) in [5.74, 6) is -0.129. The van der Waals surface area contributed by atoms with Gasteiger partial charge in [0, 0.05) is 36.9 Å². The number of nitrogens with two attached hydrogens (primary N) is 1. The van der Waals surface area contributed by atoms with Crippen molar-refractivity contribution >= 4 is 40.5 Å². The molecule has 0 aromatic heterocycles. The van der Waals surface area contributed by atoms with Crippen molar-refractivity contribution in [2.75, 3.05) is 44.2 Å². The summed E-state index contributed by atoms with van der Waals surface area (Å²) < 4.78 is 4.83. The van der Waals surface area contributed by atoms with E-state index >= 15 is 0 Å². The highest BCUT2D eigenvalue weighted by Crippen LogP contribution is 2.21. The van der Waals surface area contributed by atoms with Crippen LogP contribution in [0.25, 0.3) is 0 Å². The van der Waals surface area contributed by atoms with Crippen LogP contribution in [0.4, 0.5) is 5.69 Å². The molecule has 1 aliphatic heterocycles. The van der Waals surface area contributed by atoms with E-state index in [1.165, 1.54) is 0 Å². The second-order valence-electron chi connectivity index (χ2n) is 5.81. The highest BCUT2D eigenvalue weighted by atomic mass is 35.5. The van der Waals surface area contributed by atoms with Gasteiger partial charge in [0.05, 0.1) is 6.61 Å². The van der Waals surface area contributed by atoms with Crippen molar-refractivity contribution < 1.29 is 9.53 Å². The smallest absolute Gasteiger partial charge is 0.325 e. The van der Waals surface area contributed by atoms with E-state index in [1.54, 1.807) is 6.92 Å². The first-order valence-electron chi connectivity index (χ1n) is 8.55. The number of anilines is 1. The van der Waals surface area contributed by atoms with Gasteiger partial charge in [0.25, 0.3) is 0 Å². The van der Waals surface area contributed by atoms with Crippen molar-refractivity contribution in [3.8, 4) is 6.07 Å². The molecule has 0 atom stereocenters. The molecule has 1 heterocycles. The van der Waals surface area contributed by atoms with Crippen molar-refractivity contribution in [3.63, 3.8) is 0 Å². The zero-order valence-corrected chi connectivity index (χ0v) is 16.6. The van der Waals surface area contributed by atoms with Crippen molar-refractivity contribution in [1.82, 2.24) is 10.2 Å². The Hall–Kier alpha value is -2.50. The van der Waals surface area contributed by atoms with E-state index in [-0.39, 0.29) is 23.7 Å². The van der Waals surface area contributed by atoms with E-state index in [9.17, 15) is 10.1 Å². The van der Waals surface area contributed by atoms with Crippen LogP contribution >= 0.6 is 23.8 Å². The average molecular weight is 408 g/mol. The number of hydrogen-bond donors (Lipinski definition) is 2. The van der Waals surface area contributed by atoms with E-state index in [4.69, 9.17) is 34.3 Å². The molecule has 1 aliphatic rings. The van der Waals surface area contributed by atoms with Crippen LogP contribution in [0.5, 0.6) is 0 Å². The quantitative estimate of drug-likeness (QED) is 0.318. The van der Waals surface area contributed by atoms with Gasteiger partial charge in [-0.2, -0.15) is 5.26 Å². The molecule has 3 N–H and O–H groups in total. The average Bonchev–Trinajstić information content (AvgIpc) is 2.67. The van der Waals surface area contributed by atoms with Crippen LogP contribution in [-0.4, -0.2) is 55.2 Å². The van der Waals surface area contributed by atoms with Crippen molar-refractivity contribution in [3.05, 3.63) is 40.7 Å². The van der Waals surface area contributed by atoms with Crippen LogP contribution in [0.2, 0.25) is 5.02 Å². The van der Waals surface area contributed by atoms with Gasteiger partial charge in [-0.05, 0) is 25.1 Å². The highest BCUT2D eigenvalue weighted by molar-refractivity contribution is 7.80. The zero-order valence-electron chi connectivity index (χ0n) is 15.1. The Kier molecular flexibility index (Phi) is 7.70. The van der Waals surface area contributed by atoms with Gasteiger partial charge >= 0.3 is 5.97 Å². The van der Waals surface area contributed by atoms with Crippen LogP contribution in [0.15, 0.2) is 35.7 Å². The Balaban J connectivity index is 1.98. The molecule has 0 unspecified atom stereocenters. The van der Waals surface area contributed by atoms with Crippen LogP contribution in [-0.2, 0) is 9.53 Å². The number of carbonyl (C=O) groups is 1. The topological polar surface area (TPSA) is 94.6 Å². The Morgan fingerprint density at radius 2 is 2.11 bits per heavy atom. The molecule has 0 radical (unpaired) electrons. The number of nitrogens with zero attached hydrogens (tertiary/aromatic N) is 3. The second kappa shape index (κ2) is 10.00. The number of esters is 1. The fourth-order valence-electron chi connectivity index (χ4n) is 2.71. The zero-order chi connectivity index (χ0) is 19.8. The van der Waals surface area contributed by atoms with Gasteiger partial charge in [-0.15, -0.1) is 0 Å². The van der Waals surface area contributed by atoms with Crippen LogP contribution in [0.3, 0.4) is 0 Å². The summed E-state index contributed by atoms with van der Waals surface area (Å²) >= 11 is 11.3. The number of nitrogens with one attached hydrogen (secondary N) is 1. The third-order valence-corrected chi connectivity index (χ3v) is 4.67. The lowest BCUT2D eigenvalue weighted by atomic mass is 10.2. The van der Waals surface area contributed by atoms with Gasteiger partial charge in [0.1, 0.15) is 29.0 Å². The minimum Gasteiger partial charge on any atom is -0.465 e. The molecule has 1 fully saturated rings. The molecule has 27 heavy (non-hydrogen) atoms. The van der Waals surface area contributed by atoms with Crippen LogP contribution < -0.4 is 16.0 Å². The normalized spacial score (nSPS) is 14.9. The van der Waals surface area contributed by atoms with E-state index in [0.29, 0.717) is 23.9 Å². The van der Waals surface area contributed by atoms with Gasteiger partial charge in [-0.1, -0.05) is 29.9 Å². The Labute approximate surface area is 169 Å². The number of ether oxygens (including phenoxy) is 1. The van der Waals surface area contributed by atoms with E-state index in [0.717, 1.165) is 18.8 Å². The standard InChI is InChI=1S/C18H22ClN5O2S/c1-2-26-16(25)12-22-18(27)15(11-20)17(21)24-8-6-23(7-9-24)14-5-3-4-13(19)10-14/h3-5,10H,2,6-9,12,21H2,1H3,(H,22,27)/b17-15+. The number of halogens is 1. The number of piperazine rings is 1. The third kappa shape index (κ3) is 5.74. The molecule has 144 valence electrons. The number of nitriles is 1. The first-order chi connectivity index (χ1) is 13.0. The van der Waals surface area contributed by atoms with Gasteiger partial charge in [0.2, 0.25) is 0 Å². The Morgan fingerprint density at radius 3 is 2.70 bits per heavy atom. The molecule has 1 aromatic carbocycles. The van der Waals surface area contributed by atoms with Gasteiger partial charge in [-0.25, -0.2) is 0 Å². The summed E-state index contributed by atoms with van der Waals surface area (Å²) in [5, 5.41) is 12.9. The summed E-state index contributed by atoms with van der Waals surface area (Å²) in [4.78, 5) is 15.7. The summed E-state index contributed by atoms with van der Waals surface area (Å²) in [6.45, 7) is 4.67. The Bertz CT molecular complexity index is 769. The lowest BCUT2D eigenvalue weighted by Crippen LogP contribution is -2.48. The first-order valence-corrected chi connectivity index (χ1v) is 9.34. The second-order valence-corrected chi connectivity index (χ2v) is 6.66. The molecule has 0 spiro atoms. The number of thiocarbonyl (C=S) groups is 1. The summed E-state index contributed by atoms with van der Waals surface area (Å²) in [7, 11) is 0. The summed E-state index contributed by atoms with van der Waals surface area (Å²) in [5.41, 5.74) is 7.39. The molecular weight excluding hydrogens is 386 g/mol. The number of benzene rings is 1. The van der Waals surface area contributed by atoms with Gasteiger partial charge < -0.3 is 25.6 Å².